The van der Waals surface area contributed by atoms with Gasteiger partial charge in [0.2, 0.25) is 11.8 Å². The molecule has 0 bridgehead atoms. The molecule has 3 saturated heterocycles. The van der Waals surface area contributed by atoms with Crippen LogP contribution in [0, 0.1) is 29.1 Å². The summed E-state index contributed by atoms with van der Waals surface area (Å²) in [5.74, 6) is -0.176. The van der Waals surface area contributed by atoms with E-state index in [0.29, 0.717) is 79.5 Å². The number of rotatable bonds is 22. The van der Waals surface area contributed by atoms with Crippen LogP contribution in [0.3, 0.4) is 0 Å². The number of nitriles is 1. The molecule has 3 aliphatic rings. The van der Waals surface area contributed by atoms with Crippen LogP contribution in [0.5, 0.6) is 0 Å². The van der Waals surface area contributed by atoms with E-state index in [1.165, 1.54) is 41.7 Å². The lowest BCUT2D eigenvalue weighted by Crippen LogP contribution is -2.56. The normalized spacial score (nSPS) is 21.2. The quantitative estimate of drug-likeness (QED) is 0.0753. The molecule has 0 spiro atoms. The molecular weight excluding hydrogens is 950 g/mol. The van der Waals surface area contributed by atoms with Gasteiger partial charge in [-0.15, -0.1) is 11.3 Å². The molecule has 0 saturated carbocycles. The number of amides is 3. The molecule has 1 unspecified atom stereocenters. The summed E-state index contributed by atoms with van der Waals surface area (Å²) in [5.41, 5.74) is -3.69. The first-order valence-electron chi connectivity index (χ1n) is 24.0. The molecule has 12 nitrogen and oxygen atoms in total. The molecule has 3 aromatic rings. The molecule has 3 aliphatic heterocycles. The minimum absolute atomic E-state index is 0.0531. The summed E-state index contributed by atoms with van der Waals surface area (Å²) in [6.07, 6.45) is 6.15. The van der Waals surface area contributed by atoms with Crippen LogP contribution in [0.4, 0.5) is 8.78 Å². The number of benzene rings is 2. The maximum absolute atomic E-state index is 16.6. The fraction of sp³-hybridized carbons (Fsp3) is 0.600. The maximum Gasteiger partial charge on any atom is 0.404 e. The van der Waals surface area contributed by atoms with Crippen molar-refractivity contribution in [3.63, 3.8) is 0 Å². The second-order valence-electron chi connectivity index (χ2n) is 18.9. The second-order valence-corrected chi connectivity index (χ2v) is 24.4. The minimum Gasteiger partial charge on any atom is -0.340 e. The standard InChI is InChI=1S/C50H65F2N4O8PS3/c1-33(2)26-45(57)66-24-12-10-22-63-65(62,64-23-11-13-25-67-46(58)27-34(3)4)50(51,52)38-18-21-43-36(28-38)29-44(68-43)47(59)54-41-17-9-8-16-39-19-20-42(56(39)48(41)60)49(61)55-31-37(30-53)40(32-55)35-14-6-5-7-15-35/h5-7,14-15,18,21,28-29,33-34,37,39-42H,8-13,16-17,19-20,22-27,31-32H2,1-4H3,(H,54,59)/t37-,39+,40+,41?,42+/m1/s1. The Morgan fingerprint density at radius 2 is 1.50 bits per heavy atom. The van der Waals surface area contributed by atoms with E-state index in [1.54, 1.807) is 9.80 Å². The number of likely N-dealkylation sites (tertiary alicyclic amines) is 1. The number of unbranched alkanes of at least 4 members (excludes halogenated alkanes) is 2. The number of nitrogens with zero attached hydrogens (tertiary/aromatic N) is 3. The van der Waals surface area contributed by atoms with Gasteiger partial charge in [0.25, 0.3) is 5.91 Å². The van der Waals surface area contributed by atoms with Crippen molar-refractivity contribution in [2.75, 3.05) is 37.8 Å². The van der Waals surface area contributed by atoms with E-state index < -0.39 is 36.8 Å². The van der Waals surface area contributed by atoms with E-state index in [1.807, 2.05) is 58.0 Å². The number of thiophene rings is 1. The molecule has 6 rings (SSSR count). The van der Waals surface area contributed by atoms with Crippen LogP contribution in [0.25, 0.3) is 10.1 Å². The molecule has 0 radical (unpaired) electrons. The average Bonchev–Trinajstić information content (AvgIpc) is 4.05. The molecular formula is C50H65F2N4O8PS3. The Hall–Kier alpha value is -3.65. The first kappa shape index (κ1) is 53.7. The Morgan fingerprint density at radius 3 is 2.12 bits per heavy atom. The van der Waals surface area contributed by atoms with Gasteiger partial charge in [-0.1, -0.05) is 100 Å². The van der Waals surface area contributed by atoms with E-state index in [0.717, 1.165) is 35.8 Å². The Bertz CT molecular complexity index is 2290. The first-order chi connectivity index (χ1) is 32.5. The summed E-state index contributed by atoms with van der Waals surface area (Å²) in [6.45, 7) is 7.92. The zero-order valence-electron chi connectivity index (χ0n) is 39.5. The number of hydrogen-bond donors (Lipinski definition) is 1. The van der Waals surface area contributed by atoms with E-state index in [4.69, 9.17) is 9.05 Å². The second kappa shape index (κ2) is 25.0. The molecule has 370 valence electrons. The average molecular weight is 1020 g/mol. The van der Waals surface area contributed by atoms with Gasteiger partial charge in [-0.2, -0.15) is 14.0 Å². The van der Waals surface area contributed by atoms with Gasteiger partial charge in [0.05, 0.1) is 30.1 Å². The monoisotopic (exact) mass is 1010 g/mol. The largest absolute Gasteiger partial charge is 0.404 e. The van der Waals surface area contributed by atoms with Crippen LogP contribution in [0.1, 0.15) is 131 Å². The number of hydrogen-bond acceptors (Lipinski definition) is 12. The molecule has 3 fully saturated rings. The van der Waals surface area contributed by atoms with Gasteiger partial charge in [-0.05, 0) is 92.4 Å². The van der Waals surface area contributed by atoms with Crippen LogP contribution in [0.2, 0.25) is 0 Å². The highest BCUT2D eigenvalue weighted by Gasteiger charge is 2.55. The highest BCUT2D eigenvalue weighted by atomic mass is 32.2. The lowest BCUT2D eigenvalue weighted by Gasteiger charge is -2.36. The molecule has 0 aliphatic carbocycles. The van der Waals surface area contributed by atoms with Gasteiger partial charge in [-0.3, -0.25) is 28.5 Å². The number of alkyl halides is 2. The topological polar surface area (TPSA) is 163 Å². The lowest BCUT2D eigenvalue weighted by atomic mass is 9.90. The van der Waals surface area contributed by atoms with Crippen molar-refractivity contribution in [3.8, 4) is 6.07 Å². The number of nitrogens with one attached hydrogen (secondary N) is 1. The number of carbonyl (C=O) groups excluding carboxylic acids is 5. The van der Waals surface area contributed by atoms with Crippen molar-refractivity contribution in [2.24, 2.45) is 17.8 Å². The molecule has 1 N–H and O–H groups in total. The highest BCUT2D eigenvalue weighted by Crippen LogP contribution is 2.67. The van der Waals surface area contributed by atoms with Gasteiger partial charge in [0.1, 0.15) is 12.1 Å². The summed E-state index contributed by atoms with van der Waals surface area (Å²) >= 11 is 3.43. The van der Waals surface area contributed by atoms with Crippen LogP contribution in [-0.4, -0.2) is 93.7 Å². The number of halogens is 2. The van der Waals surface area contributed by atoms with E-state index in [-0.39, 0.29) is 89.2 Å². The van der Waals surface area contributed by atoms with Gasteiger partial charge in [-0.25, -0.2) is 0 Å². The Labute approximate surface area is 411 Å². The summed E-state index contributed by atoms with van der Waals surface area (Å²) in [4.78, 5) is 70.4. The van der Waals surface area contributed by atoms with Crippen LogP contribution >= 0.6 is 42.5 Å². The smallest absolute Gasteiger partial charge is 0.340 e. The lowest BCUT2D eigenvalue weighted by molar-refractivity contribution is -0.146. The molecule has 3 amide bonds. The van der Waals surface area contributed by atoms with Crippen molar-refractivity contribution in [3.05, 3.63) is 70.6 Å². The molecule has 68 heavy (non-hydrogen) atoms. The third-order valence-electron chi connectivity index (χ3n) is 12.7. The van der Waals surface area contributed by atoms with Gasteiger partial charge in [0, 0.05) is 59.7 Å². The molecule has 18 heteroatoms. The number of fused-ring (bicyclic) bond motifs is 2. The van der Waals surface area contributed by atoms with Crippen molar-refractivity contribution in [1.29, 1.82) is 5.26 Å². The van der Waals surface area contributed by atoms with Gasteiger partial charge >= 0.3 is 13.3 Å². The van der Waals surface area contributed by atoms with Gasteiger partial charge in [0.15, 0.2) is 10.2 Å². The van der Waals surface area contributed by atoms with Gasteiger partial charge < -0.3 is 24.2 Å². The summed E-state index contributed by atoms with van der Waals surface area (Å²) in [6, 6.07) is 15.5. The van der Waals surface area contributed by atoms with E-state index in [9.17, 15) is 33.8 Å². The fourth-order valence-corrected chi connectivity index (χ4v) is 13.7. The summed E-state index contributed by atoms with van der Waals surface area (Å²) in [5, 5.41) is 13.3. The van der Waals surface area contributed by atoms with Crippen molar-refractivity contribution in [2.45, 2.75) is 134 Å². The van der Waals surface area contributed by atoms with E-state index in [2.05, 4.69) is 11.4 Å². The minimum atomic E-state index is -5.14. The third-order valence-corrected chi connectivity index (χ3v) is 17.7. The van der Waals surface area contributed by atoms with E-state index >= 15 is 8.78 Å². The van der Waals surface area contributed by atoms with Crippen LogP contribution < -0.4 is 5.32 Å². The highest BCUT2D eigenvalue weighted by molar-refractivity contribution is 8.13. The molecule has 1 aromatic heterocycles. The van der Waals surface area contributed by atoms with Crippen molar-refractivity contribution >= 4 is 80.5 Å². The zero-order chi connectivity index (χ0) is 49.0. The van der Waals surface area contributed by atoms with Crippen molar-refractivity contribution in [1.82, 2.24) is 15.1 Å². The van der Waals surface area contributed by atoms with Crippen LogP contribution in [-0.2, 0) is 38.5 Å². The number of thioether (sulfide) groups is 2. The van der Waals surface area contributed by atoms with Crippen LogP contribution in [0.15, 0.2) is 54.6 Å². The summed E-state index contributed by atoms with van der Waals surface area (Å²) < 4.78 is 58.9. The Balaban J connectivity index is 1.12. The summed E-state index contributed by atoms with van der Waals surface area (Å²) in [7, 11) is -5.14. The predicted molar refractivity (Wildman–Crippen MR) is 266 cm³/mol. The first-order valence-corrected chi connectivity index (χ1v) is 28.3. The Morgan fingerprint density at radius 1 is 0.868 bits per heavy atom. The SMILES string of the molecule is CC(C)CC(=O)SCCCCOP(=O)(OCCCCSC(=O)CC(C)C)C(F)(F)c1ccc2sc(C(=O)NC3CCCC[C@H]4CC[C@@H](C(=O)N5C[C@@H](C#N)[C@H](c6ccccc6)C5)N4C3=O)cc2c1. The van der Waals surface area contributed by atoms with Crippen molar-refractivity contribution < 1.29 is 46.4 Å². The maximum atomic E-state index is 16.6. The Kier molecular flexibility index (Phi) is 19.7. The molecule has 4 heterocycles. The number of carbonyl (C=O) groups is 5. The molecule has 2 aromatic carbocycles. The predicted octanol–water partition coefficient (Wildman–Crippen LogP) is 11.1. The third kappa shape index (κ3) is 13.8. The fourth-order valence-electron chi connectivity index (χ4n) is 9.13. The molecule has 5 atom stereocenters. The zero-order valence-corrected chi connectivity index (χ0v) is 42.8.